The lowest BCUT2D eigenvalue weighted by molar-refractivity contribution is -0.142. The van der Waals surface area contributed by atoms with Crippen molar-refractivity contribution in [1.29, 1.82) is 5.41 Å². The van der Waals surface area contributed by atoms with Crippen LogP contribution in [0.1, 0.15) is 17.0 Å². The van der Waals surface area contributed by atoms with Crippen LogP contribution >= 0.6 is 0 Å². The third-order valence-electron chi connectivity index (χ3n) is 4.27. The van der Waals surface area contributed by atoms with Gasteiger partial charge in [0, 0.05) is 29.9 Å². The van der Waals surface area contributed by atoms with E-state index in [-0.39, 0.29) is 12.3 Å². The summed E-state index contributed by atoms with van der Waals surface area (Å²) in [5, 5.41) is 7.47. The van der Waals surface area contributed by atoms with Gasteiger partial charge in [-0.05, 0) is 12.5 Å². The lowest BCUT2D eigenvalue weighted by Crippen LogP contribution is -2.33. The number of imidazole rings is 1. The van der Waals surface area contributed by atoms with Crippen LogP contribution in [0, 0.1) is 12.3 Å². The van der Waals surface area contributed by atoms with Gasteiger partial charge in [0.1, 0.15) is 18.2 Å². The van der Waals surface area contributed by atoms with Gasteiger partial charge in [0.2, 0.25) is 5.95 Å². The molecule has 0 amide bonds. The number of hydrogen-bond acceptors (Lipinski definition) is 7. The molecule has 9 nitrogen and oxygen atoms in total. The molecule has 5 N–H and O–H groups in total. The van der Waals surface area contributed by atoms with Gasteiger partial charge < -0.3 is 16.2 Å². The van der Waals surface area contributed by atoms with E-state index in [0.717, 1.165) is 16.8 Å². The van der Waals surface area contributed by atoms with E-state index in [1.807, 2.05) is 19.1 Å². The van der Waals surface area contributed by atoms with Crippen molar-refractivity contribution < 1.29 is 9.53 Å². The Balaban J connectivity index is 1.81. The number of rotatable bonds is 6. The molecule has 0 fully saturated rings. The molecule has 1 unspecified atom stereocenters. The highest BCUT2D eigenvalue weighted by molar-refractivity contribution is 5.95. The van der Waals surface area contributed by atoms with E-state index in [2.05, 4.69) is 19.7 Å². The number of methoxy groups -OCH3 is 1. The van der Waals surface area contributed by atoms with Crippen LogP contribution in [-0.2, 0) is 16.0 Å². The standard InChI is InChI=1S/C19H21N7O2/c1-11-15(12-3-5-13(6-4-12)17(21)22)8-23-19(25-11)26-9-14(24-10-26)7-16(20)18(27)28-2/h3-6,8-10,16H,7,20H2,1-2H3,(H3,21,22). The van der Waals surface area contributed by atoms with E-state index in [9.17, 15) is 4.79 Å². The average Bonchev–Trinajstić information content (AvgIpc) is 3.15. The summed E-state index contributed by atoms with van der Waals surface area (Å²) in [6.07, 6.45) is 5.31. The molecular weight excluding hydrogens is 358 g/mol. The Morgan fingerprint density at radius 1 is 1.29 bits per heavy atom. The molecule has 144 valence electrons. The van der Waals surface area contributed by atoms with E-state index < -0.39 is 12.0 Å². The summed E-state index contributed by atoms with van der Waals surface area (Å²) in [4.78, 5) is 24.6. The van der Waals surface area contributed by atoms with Crippen molar-refractivity contribution in [1.82, 2.24) is 19.5 Å². The molecular formula is C19H21N7O2. The lowest BCUT2D eigenvalue weighted by atomic mass is 10.0. The molecule has 0 aliphatic heterocycles. The monoisotopic (exact) mass is 379 g/mol. The number of amidine groups is 1. The Morgan fingerprint density at radius 2 is 2.00 bits per heavy atom. The zero-order chi connectivity index (χ0) is 20.3. The molecule has 0 aliphatic carbocycles. The fraction of sp³-hybridized carbons (Fsp3) is 0.211. The molecule has 0 radical (unpaired) electrons. The van der Waals surface area contributed by atoms with Crippen molar-refractivity contribution in [3.63, 3.8) is 0 Å². The maximum absolute atomic E-state index is 11.4. The van der Waals surface area contributed by atoms with Gasteiger partial charge in [0.25, 0.3) is 0 Å². The van der Waals surface area contributed by atoms with Crippen molar-refractivity contribution in [3.8, 4) is 17.1 Å². The molecule has 0 bridgehead atoms. The average molecular weight is 379 g/mol. The number of benzene rings is 1. The van der Waals surface area contributed by atoms with Gasteiger partial charge in [0.15, 0.2) is 0 Å². The fourth-order valence-corrected chi connectivity index (χ4v) is 2.73. The quantitative estimate of drug-likeness (QED) is 0.328. The summed E-state index contributed by atoms with van der Waals surface area (Å²) in [5.41, 5.74) is 15.2. The number of nitrogens with one attached hydrogen (secondary N) is 1. The van der Waals surface area contributed by atoms with E-state index in [4.69, 9.17) is 16.9 Å². The van der Waals surface area contributed by atoms with Crippen LogP contribution in [0.3, 0.4) is 0 Å². The van der Waals surface area contributed by atoms with Crippen molar-refractivity contribution in [3.05, 3.63) is 59.9 Å². The molecule has 3 aromatic rings. The van der Waals surface area contributed by atoms with Gasteiger partial charge in [0.05, 0.1) is 18.5 Å². The predicted octanol–water partition coefficient (Wildman–Crippen LogP) is 0.965. The second-order valence-electron chi connectivity index (χ2n) is 6.27. The summed E-state index contributed by atoms with van der Waals surface area (Å²) in [6.45, 7) is 1.89. The molecule has 1 aromatic carbocycles. The minimum absolute atomic E-state index is 0.0256. The highest BCUT2D eigenvalue weighted by atomic mass is 16.5. The Hall–Kier alpha value is -3.59. The first kappa shape index (κ1) is 19.2. The lowest BCUT2D eigenvalue weighted by Gasteiger charge is -2.08. The smallest absolute Gasteiger partial charge is 0.323 e. The number of nitrogens with zero attached hydrogens (tertiary/aromatic N) is 4. The van der Waals surface area contributed by atoms with Crippen LogP contribution in [0.25, 0.3) is 17.1 Å². The van der Waals surface area contributed by atoms with E-state index >= 15 is 0 Å². The van der Waals surface area contributed by atoms with Crippen LogP contribution in [-0.4, -0.2) is 44.5 Å². The number of carbonyl (C=O) groups is 1. The van der Waals surface area contributed by atoms with Crippen molar-refractivity contribution in [2.45, 2.75) is 19.4 Å². The molecule has 28 heavy (non-hydrogen) atoms. The molecule has 9 heteroatoms. The van der Waals surface area contributed by atoms with E-state index in [0.29, 0.717) is 17.2 Å². The number of nitrogens with two attached hydrogens (primary N) is 2. The number of aryl methyl sites for hydroxylation is 1. The topological polar surface area (TPSA) is 146 Å². The minimum atomic E-state index is -0.767. The van der Waals surface area contributed by atoms with Gasteiger partial charge in [-0.2, -0.15) is 0 Å². The van der Waals surface area contributed by atoms with Crippen molar-refractivity contribution in [2.24, 2.45) is 11.5 Å². The molecule has 2 heterocycles. The molecule has 0 aliphatic rings. The largest absolute Gasteiger partial charge is 0.468 e. The minimum Gasteiger partial charge on any atom is -0.468 e. The second kappa shape index (κ2) is 7.97. The van der Waals surface area contributed by atoms with Crippen molar-refractivity contribution >= 4 is 11.8 Å². The predicted molar refractivity (Wildman–Crippen MR) is 104 cm³/mol. The SMILES string of the molecule is COC(=O)C(N)Cc1cn(-c2ncc(-c3ccc(C(=N)N)cc3)c(C)n2)cn1. The normalized spacial score (nSPS) is 11.8. The van der Waals surface area contributed by atoms with Gasteiger partial charge in [-0.3, -0.25) is 14.8 Å². The third-order valence-corrected chi connectivity index (χ3v) is 4.27. The van der Waals surface area contributed by atoms with Crippen LogP contribution < -0.4 is 11.5 Å². The summed E-state index contributed by atoms with van der Waals surface area (Å²) >= 11 is 0. The number of hydrogen-bond donors (Lipinski definition) is 3. The third kappa shape index (κ3) is 4.04. The molecule has 0 saturated carbocycles. The number of ether oxygens (including phenoxy) is 1. The first-order chi connectivity index (χ1) is 13.4. The summed E-state index contributed by atoms with van der Waals surface area (Å²) in [5.74, 6) is 0.00600. The number of nitrogen functional groups attached to an aromatic ring is 1. The van der Waals surface area contributed by atoms with Gasteiger partial charge in [-0.15, -0.1) is 0 Å². The first-order valence-electron chi connectivity index (χ1n) is 8.54. The number of carbonyl (C=O) groups excluding carboxylic acids is 1. The second-order valence-corrected chi connectivity index (χ2v) is 6.27. The first-order valence-corrected chi connectivity index (χ1v) is 8.54. The molecule has 2 aromatic heterocycles. The molecule has 0 saturated heterocycles. The van der Waals surface area contributed by atoms with E-state index in [1.54, 1.807) is 35.4 Å². The maximum atomic E-state index is 11.4. The highest BCUT2D eigenvalue weighted by Gasteiger charge is 2.16. The highest BCUT2D eigenvalue weighted by Crippen LogP contribution is 2.22. The molecule has 1 atom stereocenters. The van der Waals surface area contributed by atoms with Gasteiger partial charge in [-0.1, -0.05) is 24.3 Å². The molecule has 0 spiro atoms. The maximum Gasteiger partial charge on any atom is 0.323 e. The Bertz CT molecular complexity index is 1010. The summed E-state index contributed by atoms with van der Waals surface area (Å²) < 4.78 is 6.30. The fourth-order valence-electron chi connectivity index (χ4n) is 2.73. The summed E-state index contributed by atoms with van der Waals surface area (Å²) in [6, 6.07) is 6.57. The summed E-state index contributed by atoms with van der Waals surface area (Å²) in [7, 11) is 1.30. The van der Waals surface area contributed by atoms with Crippen LogP contribution in [0.4, 0.5) is 0 Å². The van der Waals surface area contributed by atoms with Crippen LogP contribution in [0.15, 0.2) is 43.0 Å². The van der Waals surface area contributed by atoms with Gasteiger partial charge >= 0.3 is 5.97 Å². The Morgan fingerprint density at radius 3 is 2.61 bits per heavy atom. The van der Waals surface area contributed by atoms with Crippen LogP contribution in [0.2, 0.25) is 0 Å². The van der Waals surface area contributed by atoms with Crippen LogP contribution in [0.5, 0.6) is 0 Å². The Kier molecular flexibility index (Phi) is 5.46. The number of esters is 1. The zero-order valence-electron chi connectivity index (χ0n) is 15.6. The zero-order valence-corrected chi connectivity index (χ0v) is 15.6. The Labute approximate surface area is 161 Å². The number of aromatic nitrogens is 4. The van der Waals surface area contributed by atoms with E-state index in [1.165, 1.54) is 7.11 Å². The van der Waals surface area contributed by atoms with Crippen molar-refractivity contribution in [2.75, 3.05) is 7.11 Å². The molecule has 3 rings (SSSR count). The van der Waals surface area contributed by atoms with Gasteiger partial charge in [-0.25, -0.2) is 15.0 Å².